The largest absolute Gasteiger partial charge is 0.405 e. The monoisotopic (exact) mass is 266 g/mol. The lowest BCUT2D eigenvalue weighted by atomic mass is 10.1. The first-order valence-corrected chi connectivity index (χ1v) is 6.58. The summed E-state index contributed by atoms with van der Waals surface area (Å²) in [6.07, 6.45) is 0.437. The third-order valence-electron chi connectivity index (χ3n) is 3.18. The maximum atomic E-state index is 12.9. The average Bonchev–Trinajstić information content (AvgIpc) is 2.68. The topological polar surface area (TPSA) is 32.3 Å². The summed E-state index contributed by atoms with van der Waals surface area (Å²) >= 11 is 0. The number of unbranched alkanes of at least 4 members (excludes halogenated alkanes) is 4. The van der Waals surface area contributed by atoms with Gasteiger partial charge in [0.25, 0.3) is 0 Å². The summed E-state index contributed by atoms with van der Waals surface area (Å²) in [7, 11) is 0. The van der Waals surface area contributed by atoms with Crippen molar-refractivity contribution in [3.63, 3.8) is 0 Å². The lowest BCUT2D eigenvalue weighted by molar-refractivity contribution is -0.190. The Morgan fingerprint density at radius 1 is 1.28 bits per heavy atom. The zero-order chi connectivity index (χ0) is 13.6. The molecular weight excluding hydrogens is 245 g/mol. The highest BCUT2D eigenvalue weighted by Gasteiger charge is 2.45. The van der Waals surface area contributed by atoms with Crippen LogP contribution in [0.15, 0.2) is 0 Å². The zero-order valence-corrected chi connectivity index (χ0v) is 10.7. The predicted molar refractivity (Wildman–Crippen MR) is 62.7 cm³/mol. The number of hydrogen-bond donors (Lipinski definition) is 1. The summed E-state index contributed by atoms with van der Waals surface area (Å²) < 4.78 is 38.6. The second-order valence-corrected chi connectivity index (χ2v) is 4.74. The van der Waals surface area contributed by atoms with E-state index >= 15 is 0 Å². The molecule has 0 aromatic rings. The summed E-state index contributed by atoms with van der Waals surface area (Å²) in [6, 6.07) is -1.54. The molecule has 0 radical (unpaired) electrons. The van der Waals surface area contributed by atoms with Crippen molar-refractivity contribution in [1.29, 1.82) is 0 Å². The molecule has 1 aliphatic heterocycles. The van der Waals surface area contributed by atoms with Crippen LogP contribution in [0.25, 0.3) is 0 Å². The fourth-order valence-electron chi connectivity index (χ4n) is 2.17. The van der Waals surface area contributed by atoms with Gasteiger partial charge in [-0.15, -0.1) is 0 Å². The van der Waals surface area contributed by atoms with E-state index in [9.17, 15) is 18.0 Å². The molecule has 18 heavy (non-hydrogen) atoms. The number of nitrogens with one attached hydrogen (secondary N) is 1. The van der Waals surface area contributed by atoms with E-state index in [1.54, 1.807) is 0 Å². The summed E-state index contributed by atoms with van der Waals surface area (Å²) in [6.45, 7) is 2.22. The Morgan fingerprint density at radius 2 is 1.94 bits per heavy atom. The van der Waals surface area contributed by atoms with Gasteiger partial charge in [-0.3, -0.25) is 10.2 Å². The third kappa shape index (κ3) is 4.84. The van der Waals surface area contributed by atoms with Gasteiger partial charge in [0.05, 0.1) is 0 Å². The number of carbonyl (C=O) groups is 1. The molecular formula is C12H21F3N2O. The number of alkyl halides is 3. The summed E-state index contributed by atoms with van der Waals surface area (Å²) in [5.74, 6) is -0.324. The minimum absolute atomic E-state index is 0.0630. The molecule has 0 bridgehead atoms. The van der Waals surface area contributed by atoms with Crippen molar-refractivity contribution in [3.05, 3.63) is 0 Å². The van der Waals surface area contributed by atoms with E-state index in [1.807, 2.05) is 0 Å². The van der Waals surface area contributed by atoms with Crippen molar-refractivity contribution in [1.82, 2.24) is 10.4 Å². The van der Waals surface area contributed by atoms with Crippen molar-refractivity contribution < 1.29 is 18.0 Å². The van der Waals surface area contributed by atoms with Crippen molar-refractivity contribution in [2.75, 3.05) is 6.54 Å². The minimum Gasteiger partial charge on any atom is -0.288 e. The minimum atomic E-state index is -4.28. The van der Waals surface area contributed by atoms with E-state index in [0.717, 1.165) is 30.7 Å². The van der Waals surface area contributed by atoms with Crippen LogP contribution in [-0.4, -0.2) is 29.7 Å². The number of hydrazine groups is 1. The van der Waals surface area contributed by atoms with Crippen molar-refractivity contribution in [2.45, 2.75) is 64.1 Å². The molecule has 1 saturated heterocycles. The van der Waals surface area contributed by atoms with E-state index in [1.165, 1.54) is 0 Å². The van der Waals surface area contributed by atoms with Gasteiger partial charge >= 0.3 is 6.18 Å². The molecule has 0 aromatic carbocycles. The second kappa shape index (κ2) is 6.97. The van der Waals surface area contributed by atoms with Gasteiger partial charge in [0.2, 0.25) is 5.91 Å². The van der Waals surface area contributed by atoms with Gasteiger partial charge in [-0.1, -0.05) is 39.0 Å². The number of hydrogen-bond acceptors (Lipinski definition) is 2. The second-order valence-electron chi connectivity index (χ2n) is 4.74. The van der Waals surface area contributed by atoms with E-state index in [-0.39, 0.29) is 25.3 Å². The molecule has 0 saturated carbocycles. The molecule has 6 heteroatoms. The smallest absolute Gasteiger partial charge is 0.288 e. The number of rotatable bonds is 7. The van der Waals surface area contributed by atoms with Crippen LogP contribution in [0.1, 0.15) is 51.9 Å². The molecule has 1 amide bonds. The van der Waals surface area contributed by atoms with Crippen LogP contribution < -0.4 is 5.43 Å². The molecule has 1 atom stereocenters. The Hall–Kier alpha value is -0.780. The lowest BCUT2D eigenvalue weighted by Crippen LogP contribution is -2.49. The Labute approximate surface area is 106 Å². The fourth-order valence-corrected chi connectivity index (χ4v) is 2.17. The normalized spacial score (nSPS) is 19.0. The van der Waals surface area contributed by atoms with Gasteiger partial charge in [-0.25, -0.2) is 5.01 Å². The third-order valence-corrected chi connectivity index (χ3v) is 3.18. The summed E-state index contributed by atoms with van der Waals surface area (Å²) in [4.78, 5) is 11.0. The molecule has 1 fully saturated rings. The number of carbonyl (C=O) groups excluding carboxylic acids is 1. The fraction of sp³-hybridized carbons (Fsp3) is 0.917. The van der Waals surface area contributed by atoms with Gasteiger partial charge < -0.3 is 0 Å². The lowest BCUT2D eigenvalue weighted by Gasteiger charge is -2.28. The Morgan fingerprint density at radius 3 is 2.44 bits per heavy atom. The molecule has 106 valence electrons. The van der Waals surface area contributed by atoms with E-state index in [0.29, 0.717) is 6.42 Å². The Kier molecular flexibility index (Phi) is 5.91. The van der Waals surface area contributed by atoms with Crippen molar-refractivity contribution >= 4 is 5.91 Å². The molecule has 1 unspecified atom stereocenters. The van der Waals surface area contributed by atoms with Crippen LogP contribution in [0.2, 0.25) is 0 Å². The standard InChI is InChI=1S/C12H21F3N2O/c1-2-3-4-5-6-7-10(12(13,14)15)17-9-8-11(18)16-17/h10H,2-9H2,1H3,(H,16,18). The molecule has 0 spiro atoms. The molecule has 0 aromatic heterocycles. The first-order chi connectivity index (χ1) is 8.45. The Bertz CT molecular complexity index is 269. The quantitative estimate of drug-likeness (QED) is 0.718. The molecule has 1 aliphatic rings. The van der Waals surface area contributed by atoms with E-state index in [2.05, 4.69) is 12.3 Å². The summed E-state index contributed by atoms with van der Waals surface area (Å²) in [5, 5.41) is 1.04. The van der Waals surface area contributed by atoms with Gasteiger partial charge in [0.1, 0.15) is 6.04 Å². The molecule has 1 rings (SSSR count). The molecule has 3 nitrogen and oxygen atoms in total. The summed E-state index contributed by atoms with van der Waals surface area (Å²) in [5.41, 5.74) is 2.29. The number of amides is 1. The maximum absolute atomic E-state index is 12.9. The predicted octanol–water partition coefficient (Wildman–Crippen LogP) is 3.01. The van der Waals surface area contributed by atoms with Crippen LogP contribution in [0, 0.1) is 0 Å². The molecule has 0 aliphatic carbocycles. The van der Waals surface area contributed by atoms with Gasteiger partial charge in [-0.2, -0.15) is 13.2 Å². The maximum Gasteiger partial charge on any atom is 0.405 e. The van der Waals surface area contributed by atoms with Gasteiger partial charge in [0, 0.05) is 13.0 Å². The Balaban J connectivity index is 2.39. The average molecular weight is 266 g/mol. The van der Waals surface area contributed by atoms with Gasteiger partial charge in [-0.05, 0) is 6.42 Å². The SMILES string of the molecule is CCCCCCCC(N1CCC(=O)N1)C(F)(F)F. The van der Waals surface area contributed by atoms with Crippen LogP contribution >= 0.6 is 0 Å². The highest BCUT2D eigenvalue weighted by atomic mass is 19.4. The van der Waals surface area contributed by atoms with Crippen LogP contribution in [0.5, 0.6) is 0 Å². The van der Waals surface area contributed by atoms with Crippen molar-refractivity contribution in [3.8, 4) is 0 Å². The van der Waals surface area contributed by atoms with E-state index < -0.39 is 12.2 Å². The van der Waals surface area contributed by atoms with Gasteiger partial charge in [0.15, 0.2) is 0 Å². The van der Waals surface area contributed by atoms with Crippen LogP contribution in [0.3, 0.4) is 0 Å². The van der Waals surface area contributed by atoms with E-state index in [4.69, 9.17) is 0 Å². The van der Waals surface area contributed by atoms with Crippen molar-refractivity contribution in [2.24, 2.45) is 0 Å². The highest BCUT2D eigenvalue weighted by Crippen LogP contribution is 2.29. The molecule has 1 N–H and O–H groups in total. The first kappa shape index (κ1) is 15.3. The molecule has 1 heterocycles. The number of nitrogens with zero attached hydrogens (tertiary/aromatic N) is 1. The van der Waals surface area contributed by atoms with Crippen LogP contribution in [-0.2, 0) is 4.79 Å². The zero-order valence-electron chi connectivity index (χ0n) is 10.7. The highest BCUT2D eigenvalue weighted by molar-refractivity contribution is 5.77. The number of halogens is 3. The van der Waals surface area contributed by atoms with Crippen LogP contribution in [0.4, 0.5) is 13.2 Å². The first-order valence-electron chi connectivity index (χ1n) is 6.58.